The molecule has 0 aliphatic carbocycles. The standard InChI is InChI=1S/C59H64N6O10S/c1-40-36-64(41(2)35-63(40)29-31-72-39-56(67)62-27-25-61(26-28-62)46-12-21-53-45(33-46)37-65(59(53)69)54-23-24-55(66)60-58(54)68)30-32-73-47-13-15-48(16-14-47)75-57-51(43-9-18-50(19-10-43)76(3,70)71)20-11-44-34-49(17-22-52(44)57)74-38-42-7-5-4-6-8-42/h4-22,33-34,40-41,54H,23-32,35-39H2,1-3H3,(H,60,66,68)/t40-,41+,54?/m1/s1. The first-order valence-corrected chi connectivity index (χ1v) is 27.9. The first-order chi connectivity index (χ1) is 36.7. The molecule has 3 saturated heterocycles. The van der Waals surface area contributed by atoms with Crippen LogP contribution in [0.25, 0.3) is 21.9 Å². The first-order valence-electron chi connectivity index (χ1n) is 26.0. The maximum Gasteiger partial charge on any atom is 0.255 e. The van der Waals surface area contributed by atoms with Gasteiger partial charge < -0.3 is 33.6 Å². The molecule has 3 fully saturated rings. The van der Waals surface area contributed by atoms with Gasteiger partial charge in [-0.1, -0.05) is 48.5 Å². The fourth-order valence-electron chi connectivity index (χ4n) is 10.6. The Morgan fingerprint density at radius 3 is 2.11 bits per heavy atom. The van der Waals surface area contributed by atoms with E-state index in [0.29, 0.717) is 88.1 Å². The molecule has 10 rings (SSSR count). The van der Waals surface area contributed by atoms with Crippen LogP contribution in [-0.2, 0) is 42.1 Å². The van der Waals surface area contributed by atoms with E-state index in [4.69, 9.17) is 18.9 Å². The average Bonchev–Trinajstić information content (AvgIpc) is 3.76. The quantitative estimate of drug-likeness (QED) is 0.0680. The van der Waals surface area contributed by atoms with Gasteiger partial charge in [-0.3, -0.25) is 34.3 Å². The van der Waals surface area contributed by atoms with Crippen LogP contribution < -0.4 is 24.4 Å². The number of nitrogens with zero attached hydrogens (tertiary/aromatic N) is 5. The smallest absolute Gasteiger partial charge is 0.255 e. The fourth-order valence-corrected chi connectivity index (χ4v) is 11.3. The minimum atomic E-state index is -3.36. The Morgan fingerprint density at radius 2 is 1.39 bits per heavy atom. The minimum Gasteiger partial charge on any atom is -0.492 e. The van der Waals surface area contributed by atoms with Crippen LogP contribution in [0.3, 0.4) is 0 Å². The zero-order valence-electron chi connectivity index (χ0n) is 43.2. The van der Waals surface area contributed by atoms with Crippen LogP contribution in [0.1, 0.15) is 48.2 Å². The predicted molar refractivity (Wildman–Crippen MR) is 289 cm³/mol. The molecular weight excluding hydrogens is 985 g/mol. The molecule has 4 aliphatic heterocycles. The van der Waals surface area contributed by atoms with Gasteiger partial charge in [0, 0.05) is 106 Å². The number of amides is 4. The van der Waals surface area contributed by atoms with Gasteiger partial charge in [0.2, 0.25) is 17.7 Å². The van der Waals surface area contributed by atoms with E-state index in [9.17, 15) is 27.6 Å². The molecule has 6 aromatic rings. The number of piperidine rings is 1. The highest BCUT2D eigenvalue weighted by atomic mass is 32.2. The van der Waals surface area contributed by atoms with Crippen LogP contribution in [0, 0.1) is 0 Å². The summed E-state index contributed by atoms with van der Waals surface area (Å²) < 4.78 is 49.5. The maximum atomic E-state index is 13.2. The number of carbonyl (C=O) groups excluding carboxylic acids is 4. The number of fused-ring (bicyclic) bond motifs is 2. The molecule has 0 saturated carbocycles. The highest BCUT2D eigenvalue weighted by Gasteiger charge is 2.39. The van der Waals surface area contributed by atoms with E-state index in [1.54, 1.807) is 29.2 Å². The molecule has 1 unspecified atom stereocenters. The number of sulfone groups is 1. The van der Waals surface area contributed by atoms with Crippen LogP contribution in [0.5, 0.6) is 23.0 Å². The number of carbonyl (C=O) groups is 4. The van der Waals surface area contributed by atoms with Crippen molar-refractivity contribution in [2.45, 2.75) is 62.9 Å². The van der Waals surface area contributed by atoms with E-state index in [1.807, 2.05) is 108 Å². The molecule has 1 N–H and O–H groups in total. The third kappa shape index (κ3) is 12.0. The molecule has 396 valence electrons. The molecule has 0 radical (unpaired) electrons. The van der Waals surface area contributed by atoms with E-state index in [2.05, 4.69) is 33.9 Å². The summed E-state index contributed by atoms with van der Waals surface area (Å²) >= 11 is 0. The lowest BCUT2D eigenvalue weighted by atomic mass is 9.99. The third-order valence-corrected chi connectivity index (χ3v) is 16.1. The first kappa shape index (κ1) is 52.1. The van der Waals surface area contributed by atoms with Crippen molar-refractivity contribution < 1.29 is 46.5 Å². The van der Waals surface area contributed by atoms with Crippen molar-refractivity contribution >= 4 is 49.9 Å². The monoisotopic (exact) mass is 1050 g/mol. The normalized spacial score (nSPS) is 19.4. The van der Waals surface area contributed by atoms with E-state index < -0.39 is 21.8 Å². The van der Waals surface area contributed by atoms with Gasteiger partial charge in [-0.15, -0.1) is 0 Å². The Balaban J connectivity index is 0.664. The molecule has 6 aromatic carbocycles. The highest BCUT2D eigenvalue weighted by Crippen LogP contribution is 2.41. The molecule has 0 spiro atoms. The van der Waals surface area contributed by atoms with Crippen LogP contribution in [0.4, 0.5) is 5.69 Å². The highest BCUT2D eigenvalue weighted by molar-refractivity contribution is 7.90. The van der Waals surface area contributed by atoms with Crippen LogP contribution in [0.15, 0.2) is 132 Å². The number of nitrogens with one attached hydrogen (secondary N) is 1. The van der Waals surface area contributed by atoms with Gasteiger partial charge in [0.05, 0.1) is 11.5 Å². The second-order valence-electron chi connectivity index (χ2n) is 20.2. The van der Waals surface area contributed by atoms with Gasteiger partial charge >= 0.3 is 0 Å². The largest absolute Gasteiger partial charge is 0.492 e. The van der Waals surface area contributed by atoms with E-state index in [-0.39, 0.29) is 35.6 Å². The summed E-state index contributed by atoms with van der Waals surface area (Å²) in [6.07, 6.45) is 1.74. The number of imide groups is 1. The maximum absolute atomic E-state index is 13.2. The number of anilines is 1. The van der Waals surface area contributed by atoms with Gasteiger partial charge in [-0.05, 0) is 121 Å². The van der Waals surface area contributed by atoms with Gasteiger partial charge in [-0.25, -0.2) is 8.42 Å². The Bertz CT molecular complexity index is 3200. The van der Waals surface area contributed by atoms with Gasteiger partial charge in [0.1, 0.15) is 48.9 Å². The van der Waals surface area contributed by atoms with Crippen molar-refractivity contribution in [3.63, 3.8) is 0 Å². The molecule has 4 heterocycles. The second-order valence-corrected chi connectivity index (χ2v) is 22.2. The fraction of sp³-hybridized carbons (Fsp3) is 0.356. The molecule has 3 atom stereocenters. The number of rotatable bonds is 18. The van der Waals surface area contributed by atoms with Crippen molar-refractivity contribution in [2.75, 3.05) is 83.3 Å². The summed E-state index contributed by atoms with van der Waals surface area (Å²) in [6.45, 7) is 11.9. The zero-order valence-corrected chi connectivity index (χ0v) is 44.0. The lowest BCUT2D eigenvalue weighted by Crippen LogP contribution is -2.57. The molecule has 76 heavy (non-hydrogen) atoms. The van der Waals surface area contributed by atoms with Crippen molar-refractivity contribution in [1.29, 1.82) is 0 Å². The van der Waals surface area contributed by atoms with Crippen LogP contribution in [-0.4, -0.2) is 148 Å². The zero-order chi connectivity index (χ0) is 52.9. The molecule has 4 amide bonds. The number of hydrogen-bond acceptors (Lipinski definition) is 13. The summed E-state index contributed by atoms with van der Waals surface area (Å²) in [5, 5.41) is 4.17. The van der Waals surface area contributed by atoms with E-state index in [1.165, 1.54) is 6.26 Å². The van der Waals surface area contributed by atoms with Crippen LogP contribution in [0.2, 0.25) is 0 Å². The van der Waals surface area contributed by atoms with E-state index in [0.717, 1.165) is 76.4 Å². The second kappa shape index (κ2) is 22.9. The minimum absolute atomic E-state index is 0.0256. The summed E-state index contributed by atoms with van der Waals surface area (Å²) in [4.78, 5) is 61.2. The van der Waals surface area contributed by atoms with Crippen molar-refractivity contribution in [1.82, 2.24) is 24.9 Å². The lowest BCUT2D eigenvalue weighted by molar-refractivity contribution is -0.137. The average molecular weight is 1050 g/mol. The third-order valence-electron chi connectivity index (χ3n) is 15.0. The lowest BCUT2D eigenvalue weighted by Gasteiger charge is -2.44. The van der Waals surface area contributed by atoms with Gasteiger partial charge in [0.15, 0.2) is 9.84 Å². The number of benzene rings is 6. The van der Waals surface area contributed by atoms with Crippen molar-refractivity contribution in [3.8, 4) is 34.1 Å². The van der Waals surface area contributed by atoms with Gasteiger partial charge in [-0.2, -0.15) is 0 Å². The topological polar surface area (TPSA) is 168 Å². The van der Waals surface area contributed by atoms with Crippen LogP contribution >= 0.6 is 0 Å². The molecule has 0 aromatic heterocycles. The number of piperazine rings is 2. The Kier molecular flexibility index (Phi) is 15.7. The molecule has 17 heteroatoms. The summed E-state index contributed by atoms with van der Waals surface area (Å²) in [7, 11) is -3.36. The molecular formula is C59H64N6O10S. The summed E-state index contributed by atoms with van der Waals surface area (Å²) in [6, 6.07) is 40.1. The number of hydrogen-bond donors (Lipinski definition) is 1. The van der Waals surface area contributed by atoms with Crippen molar-refractivity contribution in [3.05, 3.63) is 144 Å². The Hall–Kier alpha value is -7.31. The predicted octanol–water partition coefficient (Wildman–Crippen LogP) is 7.18. The SMILES string of the molecule is C[C@@H]1CN(CCOc2ccc(Oc3c(-c4ccc(S(C)(=O)=O)cc4)ccc4cc(OCc5ccccc5)ccc34)cc2)[C@@H](C)CN1CCOCC(=O)N1CCN(c2ccc3c(c2)CN(C2CCC(=O)NC2=O)C3=O)CC1. The Morgan fingerprint density at radius 1 is 0.711 bits per heavy atom. The molecule has 0 bridgehead atoms. The summed E-state index contributed by atoms with van der Waals surface area (Å²) in [5.74, 6) is 1.79. The molecule has 16 nitrogen and oxygen atoms in total. The number of ether oxygens (including phenoxy) is 4. The summed E-state index contributed by atoms with van der Waals surface area (Å²) in [5.41, 5.74) is 5.13. The van der Waals surface area contributed by atoms with Crippen molar-refractivity contribution in [2.24, 2.45) is 0 Å². The van der Waals surface area contributed by atoms with Gasteiger partial charge in [0.25, 0.3) is 5.91 Å². The molecule has 4 aliphatic rings. The van der Waals surface area contributed by atoms with E-state index >= 15 is 0 Å². The Labute approximate surface area is 444 Å².